The standard InChI is InChI=1S/C12H10FNO3/c1-2-17-12(16)10-6-11(15)8-5-7(13)3-4-9(8)14-10/h3-6H,2H2,1H3,(H,14,15). The first-order valence-electron chi connectivity index (χ1n) is 5.11. The quantitative estimate of drug-likeness (QED) is 0.808. The second kappa shape index (κ2) is 4.37. The molecule has 5 heteroatoms. The molecule has 1 aromatic heterocycles. The number of hydrogen-bond acceptors (Lipinski definition) is 3. The van der Waals surface area contributed by atoms with Crippen LogP contribution in [-0.2, 0) is 4.74 Å². The van der Waals surface area contributed by atoms with Crippen molar-refractivity contribution in [3.8, 4) is 0 Å². The van der Waals surface area contributed by atoms with Gasteiger partial charge in [-0.2, -0.15) is 0 Å². The molecule has 0 aliphatic carbocycles. The van der Waals surface area contributed by atoms with Crippen molar-refractivity contribution in [2.24, 2.45) is 0 Å². The summed E-state index contributed by atoms with van der Waals surface area (Å²) in [6.45, 7) is 1.90. The molecule has 0 fully saturated rings. The summed E-state index contributed by atoms with van der Waals surface area (Å²) < 4.78 is 17.7. The summed E-state index contributed by atoms with van der Waals surface area (Å²) in [6.07, 6.45) is 0. The Bertz CT molecular complexity index is 633. The third kappa shape index (κ3) is 2.18. The lowest BCUT2D eigenvalue weighted by molar-refractivity contribution is 0.0520. The molecule has 0 spiro atoms. The summed E-state index contributed by atoms with van der Waals surface area (Å²) in [5, 5.41) is 0.207. The minimum absolute atomic E-state index is 0.0657. The molecule has 0 atom stereocenters. The highest BCUT2D eigenvalue weighted by atomic mass is 19.1. The van der Waals surface area contributed by atoms with Gasteiger partial charge in [-0.25, -0.2) is 9.18 Å². The number of esters is 1. The van der Waals surface area contributed by atoms with Gasteiger partial charge in [-0.3, -0.25) is 4.79 Å². The van der Waals surface area contributed by atoms with Crippen molar-refractivity contribution in [3.05, 3.63) is 46.0 Å². The van der Waals surface area contributed by atoms with E-state index in [1.54, 1.807) is 6.92 Å². The van der Waals surface area contributed by atoms with Crippen molar-refractivity contribution in [2.45, 2.75) is 6.92 Å². The summed E-state index contributed by atoms with van der Waals surface area (Å²) in [7, 11) is 0. The van der Waals surface area contributed by atoms with Gasteiger partial charge in [0.15, 0.2) is 5.43 Å². The van der Waals surface area contributed by atoms with Crippen LogP contribution < -0.4 is 5.43 Å². The predicted octanol–water partition coefficient (Wildman–Crippen LogP) is 1.84. The third-order valence-electron chi connectivity index (χ3n) is 2.29. The van der Waals surface area contributed by atoms with E-state index in [1.807, 2.05) is 0 Å². The van der Waals surface area contributed by atoms with Crippen LogP contribution in [0.2, 0.25) is 0 Å². The molecule has 0 unspecified atom stereocenters. The Morgan fingerprint density at radius 3 is 2.88 bits per heavy atom. The first-order chi connectivity index (χ1) is 8.11. The Morgan fingerprint density at radius 1 is 1.41 bits per heavy atom. The number of aromatic amines is 1. The molecule has 0 aliphatic heterocycles. The molecule has 17 heavy (non-hydrogen) atoms. The Balaban J connectivity index is 2.60. The van der Waals surface area contributed by atoms with Crippen molar-refractivity contribution < 1.29 is 13.9 Å². The van der Waals surface area contributed by atoms with Crippen LogP contribution in [0.5, 0.6) is 0 Å². The first-order valence-corrected chi connectivity index (χ1v) is 5.11. The van der Waals surface area contributed by atoms with Crippen molar-refractivity contribution in [2.75, 3.05) is 6.61 Å². The van der Waals surface area contributed by atoms with E-state index in [1.165, 1.54) is 12.1 Å². The molecule has 4 nitrogen and oxygen atoms in total. The van der Waals surface area contributed by atoms with E-state index in [-0.39, 0.29) is 17.7 Å². The van der Waals surface area contributed by atoms with Crippen LogP contribution >= 0.6 is 0 Å². The van der Waals surface area contributed by atoms with Gasteiger partial charge in [0.2, 0.25) is 0 Å². The van der Waals surface area contributed by atoms with Crippen molar-refractivity contribution >= 4 is 16.9 Å². The molecular weight excluding hydrogens is 225 g/mol. The fourth-order valence-corrected chi connectivity index (χ4v) is 1.54. The predicted molar refractivity (Wildman–Crippen MR) is 60.5 cm³/mol. The summed E-state index contributed by atoms with van der Waals surface area (Å²) in [4.78, 5) is 25.8. The number of carbonyl (C=O) groups excluding carboxylic acids is 1. The van der Waals surface area contributed by atoms with E-state index in [9.17, 15) is 14.0 Å². The van der Waals surface area contributed by atoms with E-state index in [0.717, 1.165) is 12.1 Å². The van der Waals surface area contributed by atoms with Crippen LogP contribution in [0.25, 0.3) is 10.9 Å². The van der Waals surface area contributed by atoms with Gasteiger partial charge in [0, 0.05) is 11.5 Å². The van der Waals surface area contributed by atoms with E-state index >= 15 is 0 Å². The highest BCUT2D eigenvalue weighted by molar-refractivity contribution is 5.90. The number of benzene rings is 1. The molecule has 0 radical (unpaired) electrons. The number of ether oxygens (including phenoxy) is 1. The van der Waals surface area contributed by atoms with Gasteiger partial charge in [0.05, 0.1) is 12.1 Å². The molecule has 0 saturated heterocycles. The second-order valence-electron chi connectivity index (χ2n) is 3.46. The number of carbonyl (C=O) groups is 1. The molecule has 0 bridgehead atoms. The van der Waals surface area contributed by atoms with Gasteiger partial charge in [0.25, 0.3) is 0 Å². The van der Waals surface area contributed by atoms with Crippen LogP contribution in [0, 0.1) is 5.82 Å². The van der Waals surface area contributed by atoms with Gasteiger partial charge in [0.1, 0.15) is 11.5 Å². The molecule has 0 saturated carbocycles. The zero-order valence-electron chi connectivity index (χ0n) is 9.12. The number of hydrogen-bond donors (Lipinski definition) is 1. The molecule has 0 aliphatic rings. The number of halogens is 1. The van der Waals surface area contributed by atoms with Crippen LogP contribution in [0.4, 0.5) is 4.39 Å². The van der Waals surface area contributed by atoms with Gasteiger partial charge in [-0.15, -0.1) is 0 Å². The number of fused-ring (bicyclic) bond motifs is 1. The third-order valence-corrected chi connectivity index (χ3v) is 2.29. The highest BCUT2D eigenvalue weighted by Gasteiger charge is 2.10. The second-order valence-corrected chi connectivity index (χ2v) is 3.46. The maximum Gasteiger partial charge on any atom is 0.354 e. The van der Waals surface area contributed by atoms with Gasteiger partial charge in [-0.05, 0) is 25.1 Å². The maximum absolute atomic E-state index is 13.0. The largest absolute Gasteiger partial charge is 0.461 e. The molecule has 2 rings (SSSR count). The molecule has 1 heterocycles. The number of H-pyrrole nitrogens is 1. The SMILES string of the molecule is CCOC(=O)c1cc(=O)c2cc(F)ccc2[nH]1. The molecule has 88 valence electrons. The van der Waals surface area contributed by atoms with Crippen molar-refractivity contribution in [1.29, 1.82) is 0 Å². The van der Waals surface area contributed by atoms with Crippen molar-refractivity contribution in [1.82, 2.24) is 4.98 Å². The minimum atomic E-state index is -0.601. The first kappa shape index (κ1) is 11.3. The van der Waals surface area contributed by atoms with Crippen LogP contribution in [0.15, 0.2) is 29.1 Å². The topological polar surface area (TPSA) is 59.2 Å². The fraction of sp³-hybridized carbons (Fsp3) is 0.167. The number of rotatable bonds is 2. The Kier molecular flexibility index (Phi) is 2.91. The fourth-order valence-electron chi connectivity index (χ4n) is 1.54. The monoisotopic (exact) mass is 235 g/mol. The molecule has 1 N–H and O–H groups in total. The summed E-state index contributed by atoms with van der Waals surface area (Å²) in [5.41, 5.74) is 0.0548. The number of nitrogens with one attached hydrogen (secondary N) is 1. The minimum Gasteiger partial charge on any atom is -0.461 e. The summed E-state index contributed by atoms with van der Waals surface area (Å²) in [6, 6.07) is 4.87. The van der Waals surface area contributed by atoms with Gasteiger partial charge >= 0.3 is 5.97 Å². The molecule has 2 aromatic rings. The highest BCUT2D eigenvalue weighted by Crippen LogP contribution is 2.10. The Labute approximate surface area is 96.0 Å². The normalized spacial score (nSPS) is 10.5. The van der Waals surface area contributed by atoms with E-state index < -0.39 is 17.2 Å². The lowest BCUT2D eigenvalue weighted by atomic mass is 10.2. The number of aromatic nitrogens is 1. The molecule has 1 aromatic carbocycles. The zero-order valence-corrected chi connectivity index (χ0v) is 9.12. The van der Waals surface area contributed by atoms with Gasteiger partial charge in [-0.1, -0.05) is 0 Å². The van der Waals surface area contributed by atoms with Crippen LogP contribution in [-0.4, -0.2) is 17.6 Å². The summed E-state index contributed by atoms with van der Waals surface area (Å²) in [5.74, 6) is -1.09. The number of pyridine rings is 1. The summed E-state index contributed by atoms with van der Waals surface area (Å²) >= 11 is 0. The van der Waals surface area contributed by atoms with E-state index in [0.29, 0.717) is 5.52 Å². The van der Waals surface area contributed by atoms with Crippen LogP contribution in [0.3, 0.4) is 0 Å². The lowest BCUT2D eigenvalue weighted by Gasteiger charge is -2.03. The zero-order chi connectivity index (χ0) is 12.4. The Morgan fingerprint density at radius 2 is 2.18 bits per heavy atom. The lowest BCUT2D eigenvalue weighted by Crippen LogP contribution is -2.12. The van der Waals surface area contributed by atoms with Crippen LogP contribution in [0.1, 0.15) is 17.4 Å². The van der Waals surface area contributed by atoms with Gasteiger partial charge < -0.3 is 9.72 Å². The average Bonchev–Trinajstić information content (AvgIpc) is 2.30. The average molecular weight is 235 g/mol. The van der Waals surface area contributed by atoms with E-state index in [2.05, 4.69) is 4.98 Å². The smallest absolute Gasteiger partial charge is 0.354 e. The molecule has 0 amide bonds. The molecular formula is C12H10FNO3. The maximum atomic E-state index is 13.0. The van der Waals surface area contributed by atoms with Crippen molar-refractivity contribution in [3.63, 3.8) is 0 Å². The Hall–Kier alpha value is -2.17. The van der Waals surface area contributed by atoms with E-state index in [4.69, 9.17) is 4.74 Å².